The second-order valence-electron chi connectivity index (χ2n) is 15.1. The minimum Gasteiger partial charge on any atom is 0 e. The Morgan fingerprint density at radius 2 is 0.464 bits per heavy atom. The van der Waals surface area contributed by atoms with Gasteiger partial charge in [-0.25, -0.2) is 0 Å². The summed E-state index contributed by atoms with van der Waals surface area (Å²) in [6.45, 7) is 127. The van der Waals surface area contributed by atoms with E-state index < -0.39 is 0 Å². The fourth-order valence-corrected chi connectivity index (χ4v) is 1.21. The number of allylic oxidation sites excluding steroid dienone is 13. The van der Waals surface area contributed by atoms with E-state index in [2.05, 4.69) is 315 Å². The fourth-order valence-electron chi connectivity index (χ4n) is 1.21. The molecule has 0 aliphatic heterocycles. The Morgan fingerprint density at radius 3 is 0.473 bits per heavy atom. The topological polar surface area (TPSA) is 0 Å². The first-order valence-corrected chi connectivity index (χ1v) is 56.6. The summed E-state index contributed by atoms with van der Waals surface area (Å²) in [5.74, 6) is 1.37. The molecule has 2 atom stereocenters. The van der Waals surface area contributed by atoms with Crippen molar-refractivity contribution in [1.29, 1.82) is 0 Å². The molecule has 0 saturated carbocycles. The second-order valence-corrected chi connectivity index (χ2v) is 25.9. The molecule has 0 saturated heterocycles. The van der Waals surface area contributed by atoms with Gasteiger partial charge in [0.2, 0.25) is 0 Å². The largest absolute Gasteiger partial charge is 2.00 e. The van der Waals surface area contributed by atoms with E-state index in [-0.39, 0.29) is 132 Å². The molecule has 0 radical (unpaired) electrons. The normalized spacial score (nSPS) is 6.14. The molecule has 0 aromatic carbocycles. The van der Waals surface area contributed by atoms with Crippen LogP contribution in [0.3, 0.4) is 0 Å². The van der Waals surface area contributed by atoms with Crippen LogP contribution in [-0.2, 0) is 359 Å². The molecule has 0 aliphatic carbocycles. The predicted molar refractivity (Wildman–Crippen MR) is 509 cm³/mol. The Morgan fingerprint density at radius 1 is 0.321 bits per heavy atom. The summed E-state index contributed by atoms with van der Waals surface area (Å²) in [5.41, 5.74) is 0. The number of rotatable bonds is 13. The minimum absolute atomic E-state index is 0. The molecule has 0 unspecified atom stereocenters. The van der Waals surface area contributed by atoms with E-state index >= 15 is 0 Å². The van der Waals surface area contributed by atoms with Crippen molar-refractivity contribution in [2.24, 2.45) is 17.8 Å². The van der Waals surface area contributed by atoms with Gasteiger partial charge in [0.25, 0.3) is 0 Å². The molecule has 0 aliphatic rings. The van der Waals surface area contributed by atoms with Crippen molar-refractivity contribution >= 4 is 55.3 Å². The monoisotopic (exact) mass is 4640 g/mol. The zero-order valence-corrected chi connectivity index (χ0v) is 132. The van der Waals surface area contributed by atoms with E-state index in [9.17, 15) is 0 Å². The van der Waals surface area contributed by atoms with Crippen molar-refractivity contribution in [3.05, 3.63) is 257 Å². The molecule has 680 valence electrons. The Labute approximate surface area is 944 Å². The molecular weight excluding hydrogens is 4440 g/mol. The van der Waals surface area contributed by atoms with Crippen molar-refractivity contribution < 1.29 is 364 Å². The summed E-state index contributed by atoms with van der Waals surface area (Å²) >= 11 is 17.6. The Balaban J connectivity index is -0.0000000122. The molecule has 0 aromatic rings. The third-order valence-corrected chi connectivity index (χ3v) is 6.48. The maximum Gasteiger partial charge on any atom is 2.00 e. The van der Waals surface area contributed by atoms with E-state index in [4.69, 9.17) is 0 Å². The van der Waals surface area contributed by atoms with Gasteiger partial charge in [0.05, 0.1) is 0 Å². The van der Waals surface area contributed by atoms with Gasteiger partial charge in [0, 0.05) is 5.71 Å². The smallest absolute Gasteiger partial charge is 0 e. The number of unbranched alkanes of at least 4 members (excludes halogenated alkanes) is 6. The Hall–Kier alpha value is 7.19. The quantitative estimate of drug-likeness (QED) is 0.0979. The van der Waals surface area contributed by atoms with Crippen LogP contribution in [0.4, 0.5) is 0 Å². The van der Waals surface area contributed by atoms with Gasteiger partial charge in [-0.2, -0.15) is 47.5 Å². The van der Waals surface area contributed by atoms with E-state index in [1.54, 1.807) is 184 Å². The van der Waals surface area contributed by atoms with Crippen LogP contribution in [0, 0.1) is 97.3 Å². The van der Waals surface area contributed by atoms with Gasteiger partial charge in [-0.1, -0.05) is 107 Å². The predicted octanol–water partition coefficient (Wildman–Crippen LogP) is 31.7. The summed E-state index contributed by atoms with van der Waals surface area (Å²) in [7, 11) is 0. The molecule has 0 bridgehead atoms. The zero-order chi connectivity index (χ0) is 94.2. The fraction of sp³-hybridized carbons (Fsp3) is 0.447. The van der Waals surface area contributed by atoms with Crippen LogP contribution < -0.4 is 0 Å². The number of hydrogen-bond acceptors (Lipinski definition) is 0. The molecule has 0 spiro atoms. The maximum atomic E-state index is 3.77. The van der Waals surface area contributed by atoms with Crippen LogP contribution in [0.15, 0.2) is 178 Å². The van der Waals surface area contributed by atoms with Crippen LogP contribution in [0.1, 0.15) is 271 Å². The first-order chi connectivity index (χ1) is 50.5. The van der Waals surface area contributed by atoms with Gasteiger partial charge in [-0.05, 0) is 89.0 Å². The third-order valence-electron chi connectivity index (χ3n) is 4.08. The Bertz CT molecular complexity index is 1030. The van der Waals surface area contributed by atoms with Crippen molar-refractivity contribution in [1.82, 2.24) is 0 Å². The molecule has 0 heterocycles. The third kappa shape index (κ3) is 2700. The zero-order valence-electron chi connectivity index (χ0n) is 78.7. The van der Waals surface area contributed by atoms with Crippen LogP contribution in [0.2, 0.25) is 0 Å². The average Bonchev–Trinajstić information content (AvgIpc) is 1.28. The molecule has 0 rings (SSSR count). The van der Waals surface area contributed by atoms with Gasteiger partial charge >= 0.3 is 475 Å². The second kappa shape index (κ2) is 596. The van der Waals surface area contributed by atoms with Gasteiger partial charge < -0.3 is 117 Å². The van der Waals surface area contributed by atoms with Crippen molar-refractivity contribution in [3.63, 3.8) is 0 Å². The maximum absolute atomic E-state index is 3.77. The standard InChI is InChI=1S/2C6H12.3C5H10.4C4H8.10C3H6.8C2H4.5CH2.18W.4H2/c1-4-5-6(2)3;1-3-5-6-4-2;1-4-5(2)3;2*1-3-5-4-2;1-4(2)3;3*1-3-4-2;10*1-3-2;8*1-2;;;;;;;;;;;;;;;;;;;;;;;;;;;/h5-6H,2,4H2,1,3H3;3,6H,4-5H2,1-2H3;4-5H,2H2,1,3H3;3,5H,4H2,1-2H3;3-4H,5H2,1-2H3;4H,1-2H2,3H3;3-4H,1-2H3;4H,1,3H2,2H3;3H,1,4H2,2H3;8*3H,1H2,2H3;2*1H,3H2,2H3;3*1-2H2;5*1H,2H3;5*1H2;;;;;;;;;;;;;;;;;;;4*1H/q3*-2;;2*-2;;-2;;;;;;;;;;;;;;;;;;;;;;;;;;;;;;;;;;;;;6*+2;;;;/b;;;5-3-;;;4-3-;;;;;;;;;;;;;;;;;;;;;;;;;;;;;;;;;;;;;;;;;;;;;;;/t6-;;5-;;;;;;;;;;;;;;;;;;;;;;;;;;;;;;;;;;;;;;;;;;;;;;;;;;;/m1.1.................................................../s1. The van der Waals surface area contributed by atoms with Crippen LogP contribution in [-0.4, -0.2) is 55.3 Å². The summed E-state index contributed by atoms with van der Waals surface area (Å²) in [6.07, 6.45) is 49.3. The Kier molecular flexibility index (Phi) is 1340. The minimum atomic E-state index is 0. The van der Waals surface area contributed by atoms with Gasteiger partial charge in [0.1, 0.15) is 0 Å². The summed E-state index contributed by atoms with van der Waals surface area (Å²) < 4.78 is 14.8. The molecule has 0 N–H and O–H groups in total. The summed E-state index contributed by atoms with van der Waals surface area (Å²) in [5, 5.41) is 0. The molecule has 0 aromatic heterocycles. The van der Waals surface area contributed by atoms with E-state index in [1.807, 2.05) is 156 Å². The molecule has 112 heavy (non-hydrogen) atoms. The van der Waals surface area contributed by atoms with Crippen molar-refractivity contribution in [2.45, 2.75) is 265 Å². The first kappa shape index (κ1) is 253. The van der Waals surface area contributed by atoms with E-state index in [0.29, 0.717) is 17.8 Å². The molecule has 0 fully saturated rings. The van der Waals surface area contributed by atoms with Gasteiger partial charge in [-0.15, -0.1) is 119 Å². The van der Waals surface area contributed by atoms with E-state index in [1.165, 1.54) is 116 Å². The average molecular weight is 4640 g/mol. The van der Waals surface area contributed by atoms with Crippen LogP contribution in [0.25, 0.3) is 0 Å². The van der Waals surface area contributed by atoms with Crippen LogP contribution >= 0.6 is 0 Å². The van der Waals surface area contributed by atoms with Gasteiger partial charge in [0.15, 0.2) is 0 Å². The molecular formula is C94H196W18. The van der Waals surface area contributed by atoms with Crippen molar-refractivity contribution in [3.8, 4) is 0 Å². The van der Waals surface area contributed by atoms with E-state index in [0.717, 1.165) is 38.5 Å². The molecule has 0 nitrogen and oxygen atoms in total. The summed E-state index contributed by atoms with van der Waals surface area (Å²) in [4.78, 5) is 16.7. The van der Waals surface area contributed by atoms with Gasteiger partial charge in [-0.3, -0.25) is 0 Å². The van der Waals surface area contributed by atoms with Crippen molar-refractivity contribution in [2.75, 3.05) is 0 Å². The van der Waals surface area contributed by atoms with Crippen LogP contribution in [0.5, 0.6) is 0 Å². The first-order valence-electron chi connectivity index (χ1n) is 34.3. The number of hydrogen-bond donors (Lipinski definition) is 0. The SMILES string of the molecule is C/C=C\C.C/C=C\CC.C=C.C=C.C=C.C=CC.C=CC.C=CC.C=CC.C=CC.C=CC.C=CC.C=CC.C=CCC.CC[CH]=[W].CC[CH]=[W].C[CH-]C[CH-]C.C[CH-]C[CH-]CC.C[CH]=[W].C[CH]=[W].C[CH]=[W].C[CH]=[W].C[CH]=[W].[CH2-]C([CH2-])C.[CH2-]C[CH-]C.[CH2-][C@H](C)[CH-]C.[CH2-][C@H](C)[CH-]CC.[CH2]=[W].[CH2]=[W].[CH2]=[W].[CH2]=[W].[CH2]=[W].[HH].[HH].[HH].[HH].[W+2].[W+2].[W+2].[W+2].[W+2].[W+2]. The summed E-state index contributed by atoms with van der Waals surface area (Å²) in [6, 6.07) is 0. The molecule has 0 amide bonds. The molecule has 18 heteroatoms.